The Hall–Kier alpha value is -1.05. The van der Waals surface area contributed by atoms with Crippen molar-refractivity contribution >= 4 is 0 Å². The summed E-state index contributed by atoms with van der Waals surface area (Å²) in [5.74, 6) is 0.149. The predicted molar refractivity (Wildman–Crippen MR) is 42.5 cm³/mol. The van der Waals surface area contributed by atoms with E-state index in [1.165, 1.54) is 0 Å². The lowest BCUT2D eigenvalue weighted by atomic mass is 10.0. The lowest BCUT2D eigenvalue weighted by Gasteiger charge is -2.05. The largest absolute Gasteiger partial charge is 0.508 e. The zero-order valence-electron chi connectivity index (χ0n) is 6.42. The van der Waals surface area contributed by atoms with Gasteiger partial charge in [0.1, 0.15) is 5.75 Å². The van der Waals surface area contributed by atoms with Gasteiger partial charge in [0.25, 0.3) is 0 Å². The second-order valence-corrected chi connectivity index (χ2v) is 2.65. The fourth-order valence-electron chi connectivity index (χ4n) is 0.892. The molecular formula is C9H11FO. The van der Waals surface area contributed by atoms with E-state index in [0.717, 1.165) is 5.56 Å². The van der Waals surface area contributed by atoms with Crippen molar-refractivity contribution < 1.29 is 9.50 Å². The van der Waals surface area contributed by atoms with Crippen molar-refractivity contribution in [3.63, 3.8) is 0 Å². The normalized spacial score (nSPS) is 12.9. The van der Waals surface area contributed by atoms with E-state index < -0.39 is 0 Å². The molecule has 1 unspecified atom stereocenters. The molecule has 0 saturated heterocycles. The van der Waals surface area contributed by atoms with E-state index in [-0.39, 0.29) is 18.3 Å². The van der Waals surface area contributed by atoms with Gasteiger partial charge in [0.05, 0.1) is 6.67 Å². The maximum absolute atomic E-state index is 12.1. The quantitative estimate of drug-likeness (QED) is 0.693. The van der Waals surface area contributed by atoms with Gasteiger partial charge in [0.15, 0.2) is 0 Å². The zero-order chi connectivity index (χ0) is 8.27. The summed E-state index contributed by atoms with van der Waals surface area (Å²) >= 11 is 0. The van der Waals surface area contributed by atoms with E-state index in [9.17, 15) is 4.39 Å². The van der Waals surface area contributed by atoms with Crippen molar-refractivity contribution in [3.8, 4) is 5.75 Å². The predicted octanol–water partition coefficient (Wildman–Crippen LogP) is 2.47. The molecule has 0 radical (unpaired) electrons. The first-order valence-electron chi connectivity index (χ1n) is 3.59. The van der Waals surface area contributed by atoms with Crippen LogP contribution in [0.25, 0.3) is 0 Å². The molecule has 0 aliphatic rings. The Morgan fingerprint density at radius 2 is 1.91 bits per heavy atom. The van der Waals surface area contributed by atoms with Crippen LogP contribution in [-0.4, -0.2) is 11.8 Å². The Labute approximate surface area is 65.5 Å². The van der Waals surface area contributed by atoms with E-state index in [0.29, 0.717) is 0 Å². The Kier molecular flexibility index (Phi) is 2.47. The molecular weight excluding hydrogens is 143 g/mol. The first-order valence-corrected chi connectivity index (χ1v) is 3.59. The summed E-state index contributed by atoms with van der Waals surface area (Å²) in [5, 5.41) is 8.92. The summed E-state index contributed by atoms with van der Waals surface area (Å²) in [5.41, 5.74) is 0.922. The fourth-order valence-corrected chi connectivity index (χ4v) is 0.892. The molecule has 0 aliphatic heterocycles. The van der Waals surface area contributed by atoms with Crippen LogP contribution in [-0.2, 0) is 0 Å². The van der Waals surface area contributed by atoms with Crippen LogP contribution in [0.5, 0.6) is 5.75 Å². The van der Waals surface area contributed by atoms with Crippen LogP contribution in [0.2, 0.25) is 0 Å². The van der Waals surface area contributed by atoms with Crippen LogP contribution < -0.4 is 0 Å². The highest BCUT2D eigenvalue weighted by Gasteiger charge is 2.03. The van der Waals surface area contributed by atoms with Crippen molar-refractivity contribution in [2.45, 2.75) is 12.8 Å². The average molecular weight is 154 g/mol. The van der Waals surface area contributed by atoms with Gasteiger partial charge in [0, 0.05) is 5.92 Å². The van der Waals surface area contributed by atoms with Gasteiger partial charge >= 0.3 is 0 Å². The second-order valence-electron chi connectivity index (χ2n) is 2.65. The van der Waals surface area contributed by atoms with Gasteiger partial charge in [-0.25, -0.2) is 0 Å². The number of halogens is 1. The molecule has 2 heteroatoms. The zero-order valence-corrected chi connectivity index (χ0v) is 6.42. The molecule has 1 nitrogen and oxygen atoms in total. The lowest BCUT2D eigenvalue weighted by molar-refractivity contribution is 0.445. The van der Waals surface area contributed by atoms with Gasteiger partial charge in [-0.1, -0.05) is 19.1 Å². The van der Waals surface area contributed by atoms with Crippen molar-refractivity contribution in [2.24, 2.45) is 0 Å². The van der Waals surface area contributed by atoms with Crippen LogP contribution in [0.1, 0.15) is 18.4 Å². The Balaban J connectivity index is 2.81. The maximum atomic E-state index is 12.1. The van der Waals surface area contributed by atoms with E-state index in [4.69, 9.17) is 5.11 Å². The van der Waals surface area contributed by atoms with Crippen LogP contribution in [0, 0.1) is 0 Å². The molecule has 0 aromatic heterocycles. The molecule has 1 rings (SSSR count). The van der Waals surface area contributed by atoms with Gasteiger partial charge in [-0.15, -0.1) is 0 Å². The molecule has 1 aromatic rings. The molecule has 0 heterocycles. The average Bonchev–Trinajstić information content (AvgIpc) is 2.05. The number of phenols is 1. The van der Waals surface area contributed by atoms with Crippen molar-refractivity contribution in [1.82, 2.24) is 0 Å². The van der Waals surface area contributed by atoms with Crippen LogP contribution in [0.4, 0.5) is 4.39 Å². The highest BCUT2D eigenvalue weighted by Crippen LogP contribution is 2.18. The SMILES string of the molecule is CC(CF)c1ccc(O)cc1. The maximum Gasteiger partial charge on any atom is 0.115 e. The van der Waals surface area contributed by atoms with Crippen LogP contribution >= 0.6 is 0 Å². The highest BCUT2D eigenvalue weighted by molar-refractivity contribution is 5.27. The summed E-state index contributed by atoms with van der Waals surface area (Å²) in [4.78, 5) is 0. The number of aromatic hydroxyl groups is 1. The Morgan fingerprint density at radius 3 is 2.36 bits per heavy atom. The first-order chi connectivity index (χ1) is 5.24. The van der Waals surface area contributed by atoms with E-state index in [2.05, 4.69) is 0 Å². The Morgan fingerprint density at radius 1 is 1.36 bits per heavy atom. The molecule has 0 spiro atoms. The monoisotopic (exact) mass is 154 g/mol. The van der Waals surface area contributed by atoms with E-state index >= 15 is 0 Å². The molecule has 0 bridgehead atoms. The first kappa shape index (κ1) is 8.05. The third-order valence-electron chi connectivity index (χ3n) is 1.69. The van der Waals surface area contributed by atoms with Crippen LogP contribution in [0.3, 0.4) is 0 Å². The number of hydrogen-bond donors (Lipinski definition) is 1. The van der Waals surface area contributed by atoms with Gasteiger partial charge in [-0.3, -0.25) is 4.39 Å². The molecule has 0 saturated carbocycles. The molecule has 1 aromatic carbocycles. The summed E-state index contributed by atoms with van der Waals surface area (Å²) in [6, 6.07) is 6.61. The number of alkyl halides is 1. The number of rotatable bonds is 2. The van der Waals surface area contributed by atoms with E-state index in [1.807, 2.05) is 6.92 Å². The molecule has 11 heavy (non-hydrogen) atoms. The summed E-state index contributed by atoms with van der Waals surface area (Å²) in [6.07, 6.45) is 0. The third kappa shape index (κ3) is 1.93. The third-order valence-corrected chi connectivity index (χ3v) is 1.69. The van der Waals surface area contributed by atoms with Gasteiger partial charge in [-0.05, 0) is 17.7 Å². The number of benzene rings is 1. The van der Waals surface area contributed by atoms with E-state index in [1.54, 1.807) is 24.3 Å². The highest BCUT2D eigenvalue weighted by atomic mass is 19.1. The minimum absolute atomic E-state index is 0.0735. The van der Waals surface area contributed by atoms with Crippen molar-refractivity contribution in [3.05, 3.63) is 29.8 Å². The summed E-state index contributed by atoms with van der Waals surface area (Å²) < 4.78 is 12.1. The molecule has 1 N–H and O–H groups in total. The van der Waals surface area contributed by atoms with Crippen LogP contribution in [0.15, 0.2) is 24.3 Å². The standard InChI is InChI=1S/C9H11FO/c1-7(6-10)8-2-4-9(11)5-3-8/h2-5,7,11H,6H2,1H3. The number of hydrogen-bond acceptors (Lipinski definition) is 1. The number of phenolic OH excluding ortho intramolecular Hbond substituents is 1. The van der Waals surface area contributed by atoms with Crippen molar-refractivity contribution in [1.29, 1.82) is 0 Å². The molecule has 0 aliphatic carbocycles. The minimum atomic E-state index is -0.356. The molecule has 0 amide bonds. The van der Waals surface area contributed by atoms with Gasteiger partial charge < -0.3 is 5.11 Å². The molecule has 60 valence electrons. The fraction of sp³-hybridized carbons (Fsp3) is 0.333. The Bertz CT molecular complexity index is 218. The lowest BCUT2D eigenvalue weighted by Crippen LogP contribution is -1.93. The molecule has 0 fully saturated rings. The van der Waals surface area contributed by atoms with Gasteiger partial charge in [0.2, 0.25) is 0 Å². The smallest absolute Gasteiger partial charge is 0.115 e. The van der Waals surface area contributed by atoms with Crippen molar-refractivity contribution in [2.75, 3.05) is 6.67 Å². The molecule has 1 atom stereocenters. The minimum Gasteiger partial charge on any atom is -0.508 e. The second kappa shape index (κ2) is 3.37. The van der Waals surface area contributed by atoms with Gasteiger partial charge in [-0.2, -0.15) is 0 Å². The topological polar surface area (TPSA) is 20.2 Å². The summed E-state index contributed by atoms with van der Waals surface area (Å²) in [7, 11) is 0. The summed E-state index contributed by atoms with van der Waals surface area (Å²) in [6.45, 7) is 1.46.